The lowest BCUT2D eigenvalue weighted by molar-refractivity contribution is 0.168. The Bertz CT molecular complexity index is 414. The van der Waals surface area contributed by atoms with E-state index in [1.54, 1.807) is 0 Å². The minimum atomic E-state index is -0.423. The number of ether oxygens (including phenoxy) is 1. The molecular weight excluding hydrogens is 250 g/mol. The zero-order chi connectivity index (χ0) is 14.8. The molecule has 1 rings (SSSR count). The van der Waals surface area contributed by atoms with Gasteiger partial charge in [0.2, 0.25) is 0 Å². The highest BCUT2D eigenvalue weighted by molar-refractivity contribution is 5.68. The van der Waals surface area contributed by atoms with Crippen molar-refractivity contribution >= 4 is 6.09 Å². The number of hydrogen-bond acceptors (Lipinski definition) is 2. The van der Waals surface area contributed by atoms with Gasteiger partial charge in [0, 0.05) is 0 Å². The zero-order valence-corrected chi connectivity index (χ0v) is 12.5. The number of benzene rings is 1. The maximum Gasteiger partial charge on any atom is 0.407 e. The maximum absolute atomic E-state index is 11.5. The Hall–Kier alpha value is -1.77. The van der Waals surface area contributed by atoms with Crippen LogP contribution in [0.3, 0.4) is 0 Å². The van der Waals surface area contributed by atoms with E-state index in [9.17, 15) is 4.79 Å². The van der Waals surface area contributed by atoms with Crippen LogP contribution < -0.4 is 5.32 Å². The number of hydrogen-bond donors (Lipinski definition) is 1. The van der Waals surface area contributed by atoms with Gasteiger partial charge in [-0.1, -0.05) is 68.7 Å². The third kappa shape index (κ3) is 5.47. The third-order valence-electron chi connectivity index (χ3n) is 3.34. The Morgan fingerprint density at radius 3 is 2.55 bits per heavy atom. The van der Waals surface area contributed by atoms with E-state index < -0.39 is 6.09 Å². The third-order valence-corrected chi connectivity index (χ3v) is 3.34. The number of alkyl carbamates (subject to hydrolysis) is 1. The van der Waals surface area contributed by atoms with Gasteiger partial charge in [-0.2, -0.15) is 0 Å². The first kappa shape index (κ1) is 16.3. The summed E-state index contributed by atoms with van der Waals surface area (Å²) in [4.78, 5) is 11.5. The van der Waals surface area contributed by atoms with Crippen molar-refractivity contribution in [2.75, 3.05) is 7.11 Å². The van der Waals surface area contributed by atoms with Crippen LogP contribution >= 0.6 is 0 Å². The van der Waals surface area contributed by atoms with E-state index in [1.807, 2.05) is 30.3 Å². The summed E-state index contributed by atoms with van der Waals surface area (Å²) in [6.45, 7) is 6.34. The molecule has 3 heteroatoms. The van der Waals surface area contributed by atoms with E-state index in [0.717, 1.165) is 24.0 Å². The van der Waals surface area contributed by atoms with Gasteiger partial charge in [-0.3, -0.25) is 0 Å². The predicted molar refractivity (Wildman–Crippen MR) is 82.6 cm³/mol. The van der Waals surface area contributed by atoms with Gasteiger partial charge in [-0.05, 0) is 18.4 Å². The summed E-state index contributed by atoms with van der Waals surface area (Å²) >= 11 is 0. The molecule has 0 spiro atoms. The molecule has 0 aliphatic rings. The number of rotatable bonds is 8. The summed E-state index contributed by atoms with van der Waals surface area (Å²) in [5.41, 5.74) is 2.07. The molecule has 0 aromatic heterocycles. The highest BCUT2D eigenvalue weighted by atomic mass is 16.5. The summed E-state index contributed by atoms with van der Waals surface area (Å²) in [5.74, 6) is 0. The molecule has 20 heavy (non-hydrogen) atoms. The first-order valence-corrected chi connectivity index (χ1v) is 7.26. The second kappa shape index (κ2) is 9.18. The molecule has 0 aliphatic heterocycles. The van der Waals surface area contributed by atoms with Crippen molar-refractivity contribution in [2.24, 2.45) is 0 Å². The Balaban J connectivity index is 2.67. The summed E-state index contributed by atoms with van der Waals surface area (Å²) in [5, 5.41) is 2.86. The molecule has 0 fully saturated rings. The topological polar surface area (TPSA) is 38.3 Å². The van der Waals surface area contributed by atoms with Crippen LogP contribution in [-0.4, -0.2) is 13.2 Å². The lowest BCUT2D eigenvalue weighted by atomic mass is 9.95. The summed E-state index contributed by atoms with van der Waals surface area (Å²) in [7, 11) is 1.38. The Morgan fingerprint density at radius 1 is 1.25 bits per heavy atom. The van der Waals surface area contributed by atoms with Gasteiger partial charge in [-0.15, -0.1) is 0 Å². The van der Waals surface area contributed by atoms with Crippen LogP contribution in [0.15, 0.2) is 42.5 Å². The molecule has 1 amide bonds. The molecule has 1 aromatic carbocycles. The van der Waals surface area contributed by atoms with Gasteiger partial charge in [0.15, 0.2) is 0 Å². The number of nitrogens with one attached hydrogen (secondary N) is 1. The van der Waals surface area contributed by atoms with Crippen LogP contribution in [0.2, 0.25) is 0 Å². The molecule has 0 aliphatic carbocycles. The first-order valence-electron chi connectivity index (χ1n) is 7.26. The monoisotopic (exact) mass is 275 g/mol. The minimum Gasteiger partial charge on any atom is -0.453 e. The van der Waals surface area contributed by atoms with Crippen molar-refractivity contribution in [3.8, 4) is 0 Å². The predicted octanol–water partition coefficient (Wildman–Crippen LogP) is 4.61. The highest BCUT2D eigenvalue weighted by Crippen LogP contribution is 2.24. The Morgan fingerprint density at radius 2 is 1.95 bits per heavy atom. The molecule has 1 N–H and O–H groups in total. The second-order valence-electron chi connectivity index (χ2n) is 4.95. The van der Waals surface area contributed by atoms with Gasteiger partial charge in [0.1, 0.15) is 0 Å². The smallest absolute Gasteiger partial charge is 0.407 e. The van der Waals surface area contributed by atoms with E-state index in [-0.39, 0.29) is 6.04 Å². The number of methoxy groups -OCH3 is 1. The lowest BCUT2D eigenvalue weighted by Crippen LogP contribution is -2.29. The molecule has 0 saturated heterocycles. The fourth-order valence-corrected chi connectivity index (χ4v) is 2.17. The SMILES string of the molecule is C=C(CCCCCC)C(NC(=O)OC)c1ccccc1. The average molecular weight is 275 g/mol. The quantitative estimate of drug-likeness (QED) is 0.555. The summed E-state index contributed by atoms with van der Waals surface area (Å²) in [6.07, 6.45) is 5.27. The van der Waals surface area contributed by atoms with Crippen molar-refractivity contribution < 1.29 is 9.53 Å². The Kier molecular flexibility index (Phi) is 7.48. The van der Waals surface area contributed by atoms with E-state index in [1.165, 1.54) is 26.4 Å². The molecule has 110 valence electrons. The van der Waals surface area contributed by atoms with Gasteiger partial charge < -0.3 is 10.1 Å². The van der Waals surface area contributed by atoms with Gasteiger partial charge >= 0.3 is 6.09 Å². The first-order chi connectivity index (χ1) is 9.69. The molecule has 0 saturated carbocycles. The van der Waals surface area contributed by atoms with Crippen LogP contribution in [0.5, 0.6) is 0 Å². The van der Waals surface area contributed by atoms with Gasteiger partial charge in [0.25, 0.3) is 0 Å². The molecule has 0 bridgehead atoms. The number of amides is 1. The Labute approximate surface area is 122 Å². The fourth-order valence-electron chi connectivity index (χ4n) is 2.17. The molecule has 3 nitrogen and oxygen atoms in total. The standard InChI is InChI=1S/C17H25NO2/c1-4-5-6-8-11-14(2)16(18-17(19)20-3)15-12-9-7-10-13-15/h7,9-10,12-13,16H,2,4-6,8,11H2,1,3H3,(H,18,19). The molecule has 0 heterocycles. The normalized spacial score (nSPS) is 11.7. The number of carbonyl (C=O) groups excluding carboxylic acids is 1. The molecule has 1 aromatic rings. The van der Waals surface area contributed by atoms with Crippen LogP contribution in [0.1, 0.15) is 50.6 Å². The van der Waals surface area contributed by atoms with E-state index in [0.29, 0.717) is 0 Å². The summed E-state index contributed by atoms with van der Waals surface area (Å²) in [6, 6.07) is 9.71. The number of carbonyl (C=O) groups is 1. The van der Waals surface area contributed by atoms with E-state index >= 15 is 0 Å². The minimum absolute atomic E-state index is 0.176. The van der Waals surface area contributed by atoms with Crippen LogP contribution in [0.4, 0.5) is 4.79 Å². The van der Waals surface area contributed by atoms with E-state index in [4.69, 9.17) is 4.74 Å². The molecular formula is C17H25NO2. The molecule has 1 unspecified atom stereocenters. The van der Waals surface area contributed by atoms with Crippen molar-refractivity contribution in [3.63, 3.8) is 0 Å². The van der Waals surface area contributed by atoms with E-state index in [2.05, 4.69) is 18.8 Å². The van der Waals surface area contributed by atoms with Crippen molar-refractivity contribution in [3.05, 3.63) is 48.0 Å². The summed E-state index contributed by atoms with van der Waals surface area (Å²) < 4.78 is 4.70. The van der Waals surface area contributed by atoms with Crippen LogP contribution in [0.25, 0.3) is 0 Å². The van der Waals surface area contributed by atoms with Crippen molar-refractivity contribution in [2.45, 2.75) is 45.1 Å². The highest BCUT2D eigenvalue weighted by Gasteiger charge is 2.17. The van der Waals surface area contributed by atoms with Crippen LogP contribution in [0, 0.1) is 0 Å². The fraction of sp³-hybridized carbons (Fsp3) is 0.471. The van der Waals surface area contributed by atoms with Crippen molar-refractivity contribution in [1.29, 1.82) is 0 Å². The second-order valence-corrected chi connectivity index (χ2v) is 4.95. The van der Waals surface area contributed by atoms with Gasteiger partial charge in [-0.25, -0.2) is 4.79 Å². The average Bonchev–Trinajstić information content (AvgIpc) is 2.49. The number of unbranched alkanes of at least 4 members (excludes halogenated alkanes) is 3. The largest absolute Gasteiger partial charge is 0.453 e. The molecule has 0 radical (unpaired) electrons. The van der Waals surface area contributed by atoms with Gasteiger partial charge in [0.05, 0.1) is 13.2 Å². The van der Waals surface area contributed by atoms with Crippen LogP contribution in [-0.2, 0) is 4.74 Å². The maximum atomic E-state index is 11.5. The van der Waals surface area contributed by atoms with Crippen molar-refractivity contribution in [1.82, 2.24) is 5.32 Å². The lowest BCUT2D eigenvalue weighted by Gasteiger charge is -2.21. The zero-order valence-electron chi connectivity index (χ0n) is 12.5. The molecule has 1 atom stereocenters.